The van der Waals surface area contributed by atoms with E-state index in [2.05, 4.69) is 71.7 Å². The van der Waals surface area contributed by atoms with Crippen molar-refractivity contribution in [3.05, 3.63) is 198 Å². The number of hydrogen-bond acceptors (Lipinski definition) is 7. The van der Waals surface area contributed by atoms with Crippen LogP contribution in [-0.2, 0) is 12.1 Å². The van der Waals surface area contributed by atoms with Gasteiger partial charge in [0.05, 0.1) is 7.11 Å². The Kier molecular flexibility index (Phi) is 9.47. The highest BCUT2D eigenvalue weighted by Gasteiger charge is 2.41. The highest BCUT2D eigenvalue weighted by atomic mass is 16.5. The fourth-order valence-electron chi connectivity index (χ4n) is 7.13. The summed E-state index contributed by atoms with van der Waals surface area (Å²) < 4.78 is 11.7. The molecule has 3 aromatic heterocycles. The van der Waals surface area contributed by atoms with E-state index in [-0.39, 0.29) is 0 Å². The van der Waals surface area contributed by atoms with Crippen molar-refractivity contribution in [2.75, 3.05) is 7.11 Å². The first-order valence-corrected chi connectivity index (χ1v) is 17.8. The molecule has 0 aliphatic heterocycles. The minimum atomic E-state index is -0.860. The first-order valence-electron chi connectivity index (χ1n) is 17.8. The second-order valence-electron chi connectivity index (χ2n) is 13.1. The number of benzene rings is 5. The summed E-state index contributed by atoms with van der Waals surface area (Å²) in [4.78, 5) is 10.9. The summed E-state index contributed by atoms with van der Waals surface area (Å²) in [5.41, 5.74) is 9.78. The average Bonchev–Trinajstić information content (AvgIpc) is 3.72. The van der Waals surface area contributed by atoms with Gasteiger partial charge >= 0.3 is 0 Å². The summed E-state index contributed by atoms with van der Waals surface area (Å²) in [6.45, 7) is 4.35. The van der Waals surface area contributed by atoms with E-state index in [1.54, 1.807) is 18.1 Å². The van der Waals surface area contributed by atoms with Gasteiger partial charge in [-0.15, -0.1) is 15.0 Å². The van der Waals surface area contributed by atoms with Crippen LogP contribution in [0, 0.1) is 13.8 Å². The van der Waals surface area contributed by atoms with Crippen molar-refractivity contribution in [2.24, 2.45) is 0 Å². The number of ether oxygens (including phenoxy) is 2. The van der Waals surface area contributed by atoms with Gasteiger partial charge < -0.3 is 9.47 Å². The minimum absolute atomic E-state index is 0.387. The molecular formula is C46H38N6O2. The van der Waals surface area contributed by atoms with Crippen molar-refractivity contribution in [3.8, 4) is 45.3 Å². The number of aryl methyl sites for hydroxylation is 2. The molecule has 8 nitrogen and oxygen atoms in total. The summed E-state index contributed by atoms with van der Waals surface area (Å²) >= 11 is 0. The maximum atomic E-state index is 6.45. The summed E-state index contributed by atoms with van der Waals surface area (Å²) in [7, 11) is 1.61. The van der Waals surface area contributed by atoms with Crippen molar-refractivity contribution >= 4 is 0 Å². The molecule has 8 heteroatoms. The fraction of sp³-hybridized carbons (Fsp3) is 0.109. The highest BCUT2D eigenvalue weighted by molar-refractivity contribution is 5.80. The average molecular weight is 707 g/mol. The third-order valence-electron chi connectivity index (χ3n) is 9.64. The Hall–Kier alpha value is -6.93. The molecule has 3 heterocycles. The van der Waals surface area contributed by atoms with Gasteiger partial charge in [0, 0.05) is 46.4 Å². The van der Waals surface area contributed by atoms with Gasteiger partial charge in [-0.2, -0.15) is 0 Å². The van der Waals surface area contributed by atoms with Gasteiger partial charge in [-0.3, -0.25) is 4.98 Å². The van der Waals surface area contributed by atoms with Crippen LogP contribution in [0.4, 0.5) is 0 Å². The molecule has 0 aliphatic carbocycles. The molecule has 264 valence electrons. The molecule has 5 aromatic carbocycles. The van der Waals surface area contributed by atoms with Crippen LogP contribution in [0.15, 0.2) is 164 Å². The van der Waals surface area contributed by atoms with Gasteiger partial charge in [0.1, 0.15) is 12.4 Å². The molecule has 0 fully saturated rings. The SMILES string of the molecule is COc1ccc(-c2c(OCc3ccc(-c4ccccc4-c4nnn(C(c5ccccc5)(c5ccccc5)c5ccccc5)n4)cc3)cc(C)nc2C)cn1. The first-order chi connectivity index (χ1) is 26.5. The first kappa shape index (κ1) is 34.2. The van der Waals surface area contributed by atoms with E-state index in [1.165, 1.54) is 0 Å². The summed E-state index contributed by atoms with van der Waals surface area (Å²) in [5.74, 6) is 1.85. The molecular weight excluding hydrogens is 669 g/mol. The van der Waals surface area contributed by atoms with Crippen molar-refractivity contribution in [1.29, 1.82) is 0 Å². The van der Waals surface area contributed by atoms with Crippen LogP contribution < -0.4 is 9.47 Å². The summed E-state index contributed by atoms with van der Waals surface area (Å²) in [5, 5.41) is 14.7. The quantitative estimate of drug-likeness (QED) is 0.124. The van der Waals surface area contributed by atoms with Gasteiger partial charge in [-0.25, -0.2) is 4.98 Å². The Bertz CT molecular complexity index is 2390. The molecule has 0 bridgehead atoms. The maximum absolute atomic E-state index is 6.45. The van der Waals surface area contributed by atoms with Crippen LogP contribution in [-0.4, -0.2) is 37.3 Å². The number of nitrogens with zero attached hydrogens (tertiary/aromatic N) is 6. The second-order valence-corrected chi connectivity index (χ2v) is 13.1. The van der Waals surface area contributed by atoms with Crippen LogP contribution in [0.1, 0.15) is 33.6 Å². The Morgan fingerprint density at radius 2 is 1.20 bits per heavy atom. The predicted molar refractivity (Wildman–Crippen MR) is 211 cm³/mol. The third kappa shape index (κ3) is 6.50. The van der Waals surface area contributed by atoms with Crippen LogP contribution in [0.25, 0.3) is 33.6 Å². The topological polar surface area (TPSA) is 87.8 Å². The molecule has 54 heavy (non-hydrogen) atoms. The number of pyridine rings is 2. The largest absolute Gasteiger partial charge is 0.488 e. The molecule has 8 aromatic rings. The molecule has 0 unspecified atom stereocenters. The lowest BCUT2D eigenvalue weighted by Gasteiger charge is -2.34. The van der Waals surface area contributed by atoms with Crippen molar-refractivity contribution in [2.45, 2.75) is 26.0 Å². The molecule has 0 N–H and O–H groups in total. The Morgan fingerprint density at radius 1 is 0.630 bits per heavy atom. The Labute approximate surface area is 314 Å². The molecule has 0 atom stereocenters. The maximum Gasteiger partial charge on any atom is 0.212 e. The number of rotatable bonds is 11. The smallest absolute Gasteiger partial charge is 0.212 e. The molecule has 0 spiro atoms. The van der Waals surface area contributed by atoms with E-state index in [0.717, 1.165) is 67.2 Å². The van der Waals surface area contributed by atoms with Gasteiger partial charge in [-0.1, -0.05) is 140 Å². The predicted octanol–water partition coefficient (Wildman–Crippen LogP) is 9.51. The molecule has 0 amide bonds. The molecule has 0 aliphatic rings. The van der Waals surface area contributed by atoms with Crippen molar-refractivity contribution in [1.82, 2.24) is 30.2 Å². The highest BCUT2D eigenvalue weighted by Crippen LogP contribution is 2.41. The van der Waals surface area contributed by atoms with E-state index in [9.17, 15) is 0 Å². The van der Waals surface area contributed by atoms with Gasteiger partial charge in [-0.05, 0) is 58.5 Å². The fourth-order valence-corrected chi connectivity index (χ4v) is 7.13. The van der Waals surface area contributed by atoms with Crippen LogP contribution >= 0.6 is 0 Å². The molecule has 0 radical (unpaired) electrons. The second kappa shape index (κ2) is 15.0. The number of methoxy groups -OCH3 is 1. The number of hydrogen-bond donors (Lipinski definition) is 0. The Morgan fingerprint density at radius 3 is 1.78 bits per heavy atom. The van der Waals surface area contributed by atoms with E-state index in [4.69, 9.17) is 29.9 Å². The lowest BCUT2D eigenvalue weighted by molar-refractivity contribution is 0.306. The minimum Gasteiger partial charge on any atom is -0.488 e. The summed E-state index contributed by atoms with van der Waals surface area (Å²) in [6.07, 6.45) is 1.79. The molecule has 8 rings (SSSR count). The van der Waals surface area contributed by atoms with Gasteiger partial charge in [0.25, 0.3) is 0 Å². The summed E-state index contributed by atoms with van der Waals surface area (Å²) in [6, 6.07) is 53.5. The lowest BCUT2D eigenvalue weighted by atomic mass is 9.77. The van der Waals surface area contributed by atoms with Gasteiger partial charge in [0.2, 0.25) is 11.7 Å². The van der Waals surface area contributed by atoms with Crippen LogP contribution in [0.3, 0.4) is 0 Å². The van der Waals surface area contributed by atoms with E-state index < -0.39 is 5.54 Å². The van der Waals surface area contributed by atoms with Gasteiger partial charge in [0.15, 0.2) is 5.54 Å². The zero-order valence-electron chi connectivity index (χ0n) is 30.3. The Balaban J connectivity index is 1.12. The zero-order chi connectivity index (χ0) is 36.9. The van der Waals surface area contributed by atoms with E-state index >= 15 is 0 Å². The van der Waals surface area contributed by atoms with Crippen LogP contribution in [0.5, 0.6) is 11.6 Å². The number of tetrazole rings is 1. The third-order valence-corrected chi connectivity index (χ3v) is 9.64. The normalized spacial score (nSPS) is 11.3. The van der Waals surface area contributed by atoms with Crippen molar-refractivity contribution < 1.29 is 9.47 Å². The van der Waals surface area contributed by atoms with E-state index in [0.29, 0.717) is 18.3 Å². The number of aromatic nitrogens is 6. The zero-order valence-corrected chi connectivity index (χ0v) is 30.3. The lowest BCUT2D eigenvalue weighted by Crippen LogP contribution is -2.39. The van der Waals surface area contributed by atoms with E-state index in [1.807, 2.05) is 105 Å². The van der Waals surface area contributed by atoms with Crippen LogP contribution in [0.2, 0.25) is 0 Å². The monoisotopic (exact) mass is 706 g/mol. The standard InChI is InChI=1S/C46H38N6O2/c1-32-29-42(44(33(2)48-32)36-27-28-43(53-3)47-30-36)54-31-34-23-25-35(26-24-34)40-21-13-14-22-41(40)45-49-51-52(50-45)46(37-15-7-4-8-16-37,38-17-9-5-10-18-38)39-19-11-6-12-20-39/h4-30H,31H2,1-3H3. The molecule has 0 saturated carbocycles. The van der Waals surface area contributed by atoms with Crippen molar-refractivity contribution in [3.63, 3.8) is 0 Å². The molecule has 0 saturated heterocycles.